The maximum absolute atomic E-state index is 13.3. The number of carbonyl (C=O) groups excluding carboxylic acids is 3. The van der Waals surface area contributed by atoms with E-state index in [1.54, 1.807) is 0 Å². The van der Waals surface area contributed by atoms with Crippen molar-refractivity contribution < 1.29 is 33.8 Å². The van der Waals surface area contributed by atoms with Gasteiger partial charge >= 0.3 is 0 Å². The number of benzene rings is 2. The zero-order chi connectivity index (χ0) is 40.5. The fraction of sp³-hybridized carbons (Fsp3) is 0.525. The first-order chi connectivity index (χ1) is 26.8. The second-order valence-corrected chi connectivity index (χ2v) is 15.4. The second kappa shape index (κ2) is 23.5. The Morgan fingerprint density at radius 1 is 0.825 bits per heavy atom. The first kappa shape index (κ1) is 46.6. The van der Waals surface area contributed by atoms with E-state index in [4.69, 9.17) is 32.5 Å². The van der Waals surface area contributed by atoms with Gasteiger partial charge in [0.1, 0.15) is 11.5 Å². The molecule has 314 valence electrons. The van der Waals surface area contributed by atoms with E-state index in [1.807, 2.05) is 74.4 Å². The van der Waals surface area contributed by atoms with Gasteiger partial charge in [-0.1, -0.05) is 35.9 Å². The van der Waals surface area contributed by atoms with Crippen molar-refractivity contribution in [1.29, 1.82) is 0 Å². The summed E-state index contributed by atoms with van der Waals surface area (Å²) in [7, 11) is 7.84. The normalized spacial score (nSPS) is 14.8. The van der Waals surface area contributed by atoms with Crippen molar-refractivity contribution in [2.75, 3.05) is 105 Å². The molecule has 1 atom stereocenters. The van der Waals surface area contributed by atoms with E-state index < -0.39 is 5.91 Å². The Morgan fingerprint density at radius 3 is 1.86 bits per heavy atom. The van der Waals surface area contributed by atoms with Gasteiger partial charge in [-0.25, -0.2) is 9.97 Å². The molecule has 0 radical (unpaired) electrons. The molecule has 3 amide bonds. The number of carbonyl (C=O) groups is 3. The SMILES string of the molecule is CN(C)CCNC(=O)COc1cccc(CCC[N+]2(CCCc3cccc(OCC(=O)NCCN(C)C)c3)CCCC(NC(=O)c3nc(Cl)c(N)nc3N)C2)c1.[OH-]. The minimum Gasteiger partial charge on any atom is -0.870 e. The fourth-order valence-corrected chi connectivity index (χ4v) is 7.00. The number of quaternary nitrogens is 1. The van der Waals surface area contributed by atoms with Gasteiger partial charge < -0.3 is 56.7 Å². The van der Waals surface area contributed by atoms with Crippen LogP contribution >= 0.6 is 11.6 Å². The summed E-state index contributed by atoms with van der Waals surface area (Å²) in [6.07, 6.45) is 5.27. The number of amides is 3. The highest BCUT2D eigenvalue weighted by Crippen LogP contribution is 2.25. The highest BCUT2D eigenvalue weighted by Gasteiger charge is 2.35. The average Bonchev–Trinajstić information content (AvgIpc) is 3.15. The molecule has 57 heavy (non-hydrogen) atoms. The standard InChI is InChI=1S/C40H59ClN10O5.H2O/c1-49(2)19-17-44-34(52)27-55-32-15-5-10-29(24-32)12-7-21-51(23-9-14-31(26-51)46-40(54)36-38(42)48-39(43)37(41)47-36)22-8-13-30-11-6-16-33(25-30)56-28-35(53)45-18-20-50(3)4;/h5-6,10-11,15-16,24-25,31H,7-9,12-14,17-23,26-28H2,1-4H3,(H6-,42,43,44,45,46,48,52,53,54);1H2. The first-order valence-corrected chi connectivity index (χ1v) is 19.7. The maximum Gasteiger partial charge on any atom is 0.274 e. The molecule has 0 spiro atoms. The van der Waals surface area contributed by atoms with Crippen LogP contribution in [0.3, 0.4) is 0 Å². The number of hydrogen-bond donors (Lipinski definition) is 5. The van der Waals surface area contributed by atoms with Crippen LogP contribution in [0.15, 0.2) is 48.5 Å². The van der Waals surface area contributed by atoms with Crippen molar-refractivity contribution in [2.24, 2.45) is 0 Å². The van der Waals surface area contributed by atoms with Crippen LogP contribution in [0.1, 0.15) is 47.3 Å². The van der Waals surface area contributed by atoms with Gasteiger partial charge in [-0.05, 0) is 89.3 Å². The lowest BCUT2D eigenvalue weighted by molar-refractivity contribution is -0.933. The Bertz CT molecular complexity index is 1670. The van der Waals surface area contributed by atoms with Crippen molar-refractivity contribution in [3.05, 3.63) is 70.5 Å². The molecule has 1 aromatic heterocycles. The van der Waals surface area contributed by atoms with Gasteiger partial charge in [0.25, 0.3) is 17.7 Å². The number of piperidine rings is 1. The van der Waals surface area contributed by atoms with Crippen molar-refractivity contribution in [3.63, 3.8) is 0 Å². The lowest BCUT2D eigenvalue weighted by Crippen LogP contribution is -2.60. The van der Waals surface area contributed by atoms with Gasteiger partial charge in [0, 0.05) is 39.0 Å². The molecule has 2 heterocycles. The lowest BCUT2D eigenvalue weighted by Gasteiger charge is -2.45. The molecular weight excluding hydrogens is 752 g/mol. The first-order valence-electron chi connectivity index (χ1n) is 19.3. The monoisotopic (exact) mass is 812 g/mol. The highest BCUT2D eigenvalue weighted by molar-refractivity contribution is 6.31. The molecule has 17 heteroatoms. The third kappa shape index (κ3) is 16.3. The van der Waals surface area contributed by atoms with Gasteiger partial charge in [-0.3, -0.25) is 14.4 Å². The molecule has 0 saturated carbocycles. The van der Waals surface area contributed by atoms with E-state index in [2.05, 4.69) is 38.1 Å². The zero-order valence-electron chi connectivity index (χ0n) is 33.8. The van der Waals surface area contributed by atoms with Crippen LogP contribution in [0.4, 0.5) is 11.6 Å². The number of likely N-dealkylation sites (N-methyl/N-ethyl adjacent to an activating group) is 2. The highest BCUT2D eigenvalue weighted by atomic mass is 35.5. The summed E-state index contributed by atoms with van der Waals surface area (Å²) in [6.45, 7) is 6.14. The third-order valence-electron chi connectivity index (χ3n) is 9.74. The summed E-state index contributed by atoms with van der Waals surface area (Å²) in [5.74, 6) is 0.518. The number of aromatic nitrogens is 2. The van der Waals surface area contributed by atoms with Crippen LogP contribution in [-0.4, -0.2) is 147 Å². The number of aryl methyl sites for hydroxylation is 2. The Hall–Kier alpha value is -4.74. The summed E-state index contributed by atoms with van der Waals surface area (Å²) < 4.78 is 12.5. The van der Waals surface area contributed by atoms with Crippen molar-refractivity contribution in [2.45, 2.75) is 44.6 Å². The maximum atomic E-state index is 13.3. The summed E-state index contributed by atoms with van der Waals surface area (Å²) in [6, 6.07) is 15.7. The number of halogens is 1. The summed E-state index contributed by atoms with van der Waals surface area (Å²) in [5.41, 5.74) is 14.0. The van der Waals surface area contributed by atoms with E-state index in [1.165, 1.54) is 0 Å². The molecule has 1 unspecified atom stereocenters. The Morgan fingerprint density at radius 2 is 1.35 bits per heavy atom. The second-order valence-electron chi connectivity index (χ2n) is 15.0. The lowest BCUT2D eigenvalue weighted by atomic mass is 9.99. The Kier molecular flexibility index (Phi) is 19.2. The van der Waals surface area contributed by atoms with Crippen LogP contribution in [0.2, 0.25) is 5.15 Å². The summed E-state index contributed by atoms with van der Waals surface area (Å²) in [5, 5.41) is 8.84. The summed E-state index contributed by atoms with van der Waals surface area (Å²) in [4.78, 5) is 49.9. The number of ether oxygens (including phenoxy) is 2. The number of rotatable bonds is 22. The molecular formula is C40H61ClN10O6. The van der Waals surface area contributed by atoms with E-state index in [9.17, 15) is 14.4 Å². The average molecular weight is 813 g/mol. The Labute approximate surface area is 341 Å². The zero-order valence-corrected chi connectivity index (χ0v) is 34.5. The quantitative estimate of drug-likeness (QED) is 0.0923. The largest absolute Gasteiger partial charge is 0.870 e. The van der Waals surface area contributed by atoms with Crippen LogP contribution in [0, 0.1) is 0 Å². The number of nitrogens with two attached hydrogens (primary N) is 2. The third-order valence-corrected chi connectivity index (χ3v) is 10.0. The topological polar surface area (TPSA) is 220 Å². The minimum atomic E-state index is -0.423. The van der Waals surface area contributed by atoms with Crippen molar-refractivity contribution >= 4 is 41.0 Å². The molecule has 16 nitrogen and oxygen atoms in total. The molecule has 1 aliphatic rings. The van der Waals surface area contributed by atoms with Crippen molar-refractivity contribution in [3.8, 4) is 11.5 Å². The number of likely N-dealkylation sites (tertiary alicyclic amines) is 1. The van der Waals surface area contributed by atoms with Crippen LogP contribution in [0.25, 0.3) is 0 Å². The number of hydrogen-bond acceptors (Lipinski definition) is 12. The molecule has 1 saturated heterocycles. The molecule has 2 aromatic carbocycles. The van der Waals surface area contributed by atoms with Crippen LogP contribution in [-0.2, 0) is 22.4 Å². The molecule has 1 fully saturated rings. The number of nitrogens with one attached hydrogen (secondary N) is 3. The van der Waals surface area contributed by atoms with Gasteiger partial charge in [0.05, 0.1) is 32.2 Å². The number of nitrogens with zero attached hydrogens (tertiary/aromatic N) is 5. The molecule has 0 bridgehead atoms. The Balaban J connectivity index is 0.00000870. The van der Waals surface area contributed by atoms with Crippen LogP contribution in [0.5, 0.6) is 11.5 Å². The van der Waals surface area contributed by atoms with Gasteiger partial charge in [0.2, 0.25) is 0 Å². The number of anilines is 2. The molecule has 4 rings (SSSR count). The predicted octanol–water partition coefficient (Wildman–Crippen LogP) is 2.21. The van der Waals surface area contributed by atoms with E-state index >= 15 is 0 Å². The molecule has 8 N–H and O–H groups in total. The van der Waals surface area contributed by atoms with Gasteiger partial charge in [0.15, 0.2) is 35.7 Å². The molecule has 1 aliphatic heterocycles. The fourth-order valence-electron chi connectivity index (χ4n) is 6.88. The smallest absolute Gasteiger partial charge is 0.274 e. The summed E-state index contributed by atoms with van der Waals surface area (Å²) >= 11 is 6.08. The van der Waals surface area contributed by atoms with Crippen LogP contribution < -0.4 is 36.9 Å². The predicted molar refractivity (Wildman–Crippen MR) is 222 cm³/mol. The van der Waals surface area contributed by atoms with E-state index in [0.29, 0.717) is 24.6 Å². The minimum absolute atomic E-state index is 0. The molecule has 0 aliphatic carbocycles. The van der Waals surface area contributed by atoms with Gasteiger partial charge in [-0.2, -0.15) is 0 Å². The van der Waals surface area contributed by atoms with E-state index in [-0.39, 0.29) is 59.0 Å². The van der Waals surface area contributed by atoms with E-state index in [0.717, 1.165) is 93.4 Å². The number of nitrogen functional groups attached to an aromatic ring is 2. The molecule has 3 aromatic rings. The van der Waals surface area contributed by atoms with Crippen molar-refractivity contribution in [1.82, 2.24) is 35.7 Å². The van der Waals surface area contributed by atoms with Gasteiger partial charge in [-0.15, -0.1) is 0 Å².